The van der Waals surface area contributed by atoms with E-state index >= 15 is 0 Å². The number of benzene rings is 2. The molecular weight excluding hydrogens is 466 g/mol. The number of amides is 2. The van der Waals surface area contributed by atoms with Gasteiger partial charge in [-0.05, 0) is 53.6 Å². The highest BCUT2D eigenvalue weighted by Gasteiger charge is 2.44. The largest absolute Gasteiger partial charge is 0.478 e. The molecule has 1 aromatic heterocycles. The highest BCUT2D eigenvalue weighted by atomic mass is 32.1. The predicted molar refractivity (Wildman–Crippen MR) is 132 cm³/mol. The summed E-state index contributed by atoms with van der Waals surface area (Å²) in [6, 6.07) is 16.2. The number of hydrogen-bond donors (Lipinski definition) is 3. The normalized spacial score (nSPS) is 15.8. The van der Waals surface area contributed by atoms with Crippen molar-refractivity contribution in [3.8, 4) is 11.1 Å². The summed E-state index contributed by atoms with van der Waals surface area (Å²) in [5.41, 5.74) is 3.64. The molecule has 2 amide bonds. The van der Waals surface area contributed by atoms with E-state index in [4.69, 9.17) is 4.74 Å². The maximum Gasteiger partial charge on any atom is 0.408 e. The van der Waals surface area contributed by atoms with Gasteiger partial charge in [0.15, 0.2) is 0 Å². The SMILES string of the molecule is Cc1nsc(NC(=O)C2(NC(=O)OCC3c4ccccc4-c4ccccc43)CCCC2)c1C(=O)O. The fourth-order valence-corrected chi connectivity index (χ4v) is 5.93. The molecule has 0 bridgehead atoms. The Kier molecular flexibility index (Phi) is 6.02. The molecule has 3 N–H and O–H groups in total. The van der Waals surface area contributed by atoms with E-state index in [0.717, 1.165) is 46.6 Å². The number of rotatable bonds is 6. The Labute approximate surface area is 206 Å². The maximum absolute atomic E-state index is 13.2. The van der Waals surface area contributed by atoms with Crippen molar-refractivity contribution in [2.24, 2.45) is 0 Å². The first-order valence-electron chi connectivity index (χ1n) is 11.5. The molecule has 5 rings (SSSR count). The second-order valence-corrected chi connectivity index (χ2v) is 9.74. The minimum atomic E-state index is -1.16. The van der Waals surface area contributed by atoms with Crippen molar-refractivity contribution in [2.45, 2.75) is 44.1 Å². The number of aryl methyl sites for hydroxylation is 1. The quantitative estimate of drug-likeness (QED) is 0.450. The fraction of sp³-hybridized carbons (Fsp3) is 0.308. The van der Waals surface area contributed by atoms with Crippen LogP contribution in [0.5, 0.6) is 0 Å². The lowest BCUT2D eigenvalue weighted by molar-refractivity contribution is -0.122. The van der Waals surface area contributed by atoms with Crippen LogP contribution in [0.2, 0.25) is 0 Å². The molecule has 0 aliphatic heterocycles. The number of alkyl carbamates (subject to hydrolysis) is 1. The zero-order chi connectivity index (χ0) is 24.6. The molecule has 8 nitrogen and oxygen atoms in total. The van der Waals surface area contributed by atoms with E-state index in [1.807, 2.05) is 36.4 Å². The number of anilines is 1. The first-order valence-corrected chi connectivity index (χ1v) is 12.3. The molecule has 9 heteroatoms. The topological polar surface area (TPSA) is 118 Å². The number of fused-ring (bicyclic) bond motifs is 3. The molecule has 0 spiro atoms. The summed E-state index contributed by atoms with van der Waals surface area (Å²) in [4.78, 5) is 37.7. The van der Waals surface area contributed by atoms with Gasteiger partial charge in [-0.2, -0.15) is 4.37 Å². The minimum Gasteiger partial charge on any atom is -0.478 e. The van der Waals surface area contributed by atoms with Gasteiger partial charge in [-0.1, -0.05) is 61.4 Å². The van der Waals surface area contributed by atoms with E-state index in [0.29, 0.717) is 18.5 Å². The number of carbonyl (C=O) groups is 3. The van der Waals surface area contributed by atoms with Gasteiger partial charge in [-0.3, -0.25) is 4.79 Å². The molecule has 0 unspecified atom stereocenters. The number of hydrogen-bond acceptors (Lipinski definition) is 6. The predicted octanol–water partition coefficient (Wildman–Crippen LogP) is 4.94. The molecule has 1 saturated carbocycles. The lowest BCUT2D eigenvalue weighted by atomic mass is 9.96. The van der Waals surface area contributed by atoms with Gasteiger partial charge in [0.1, 0.15) is 22.7 Å². The van der Waals surface area contributed by atoms with E-state index in [-0.39, 0.29) is 23.1 Å². The van der Waals surface area contributed by atoms with Gasteiger partial charge in [-0.15, -0.1) is 0 Å². The first kappa shape index (κ1) is 23.0. The van der Waals surface area contributed by atoms with Crippen LogP contribution in [0.4, 0.5) is 9.80 Å². The number of aromatic nitrogens is 1. The third-order valence-electron chi connectivity index (χ3n) is 6.88. The Morgan fingerprint density at radius 3 is 2.26 bits per heavy atom. The maximum atomic E-state index is 13.2. The van der Waals surface area contributed by atoms with Crippen LogP contribution < -0.4 is 10.6 Å². The summed E-state index contributed by atoms with van der Waals surface area (Å²) in [7, 11) is 0. The van der Waals surface area contributed by atoms with Crippen molar-refractivity contribution in [2.75, 3.05) is 11.9 Å². The van der Waals surface area contributed by atoms with Gasteiger partial charge in [0.05, 0.1) is 5.69 Å². The van der Waals surface area contributed by atoms with Crippen LogP contribution in [0.15, 0.2) is 48.5 Å². The van der Waals surface area contributed by atoms with Crippen LogP contribution in [0.3, 0.4) is 0 Å². The van der Waals surface area contributed by atoms with Crippen molar-refractivity contribution < 1.29 is 24.2 Å². The zero-order valence-electron chi connectivity index (χ0n) is 19.2. The van der Waals surface area contributed by atoms with Crippen LogP contribution in [-0.2, 0) is 9.53 Å². The average molecular weight is 492 g/mol. The van der Waals surface area contributed by atoms with Gasteiger partial charge < -0.3 is 20.5 Å². The monoisotopic (exact) mass is 491 g/mol. The third kappa shape index (κ3) is 4.16. The first-order chi connectivity index (χ1) is 16.9. The van der Waals surface area contributed by atoms with Crippen LogP contribution in [-0.4, -0.2) is 39.6 Å². The number of carboxylic acid groups (broad SMARTS) is 1. The smallest absolute Gasteiger partial charge is 0.408 e. The van der Waals surface area contributed by atoms with E-state index in [9.17, 15) is 19.5 Å². The van der Waals surface area contributed by atoms with Crippen LogP contribution in [0.1, 0.15) is 58.8 Å². The summed E-state index contributed by atoms with van der Waals surface area (Å²) in [6.45, 7) is 1.73. The molecule has 1 fully saturated rings. The van der Waals surface area contributed by atoms with Gasteiger partial charge in [0, 0.05) is 5.92 Å². The number of aromatic carboxylic acids is 1. The summed E-state index contributed by atoms with van der Waals surface area (Å²) in [5, 5.41) is 15.1. The molecule has 1 heterocycles. The van der Waals surface area contributed by atoms with Crippen molar-refractivity contribution in [3.05, 3.63) is 70.9 Å². The minimum absolute atomic E-state index is 0.0300. The number of carboxylic acids is 1. The summed E-state index contributed by atoms with van der Waals surface area (Å²) in [6.07, 6.45) is 1.77. The molecule has 0 radical (unpaired) electrons. The van der Waals surface area contributed by atoms with Crippen molar-refractivity contribution >= 4 is 34.5 Å². The van der Waals surface area contributed by atoms with E-state index in [1.54, 1.807) is 6.92 Å². The molecule has 0 atom stereocenters. The number of nitrogens with zero attached hydrogens (tertiary/aromatic N) is 1. The Balaban J connectivity index is 1.30. The number of nitrogens with one attached hydrogen (secondary N) is 2. The zero-order valence-corrected chi connectivity index (χ0v) is 20.0. The van der Waals surface area contributed by atoms with Gasteiger partial charge in [0.25, 0.3) is 5.91 Å². The van der Waals surface area contributed by atoms with Gasteiger partial charge in [0.2, 0.25) is 0 Å². The molecule has 0 saturated heterocycles. The Bertz CT molecular complexity index is 1270. The second-order valence-electron chi connectivity index (χ2n) is 8.97. The van der Waals surface area contributed by atoms with E-state index < -0.39 is 23.5 Å². The average Bonchev–Trinajstić information content (AvgIpc) is 3.54. The molecule has 180 valence electrons. The summed E-state index contributed by atoms with van der Waals surface area (Å²) >= 11 is 0.917. The Hall–Kier alpha value is -3.72. The molecule has 2 aromatic carbocycles. The highest BCUT2D eigenvalue weighted by molar-refractivity contribution is 7.11. The molecular formula is C26H25N3O5S. The standard InChI is InChI=1S/C26H25N3O5S/c1-15-21(23(30)31)22(35-29-15)27-24(32)26(12-6-7-13-26)28-25(33)34-14-20-18-10-4-2-8-16(18)17-9-3-5-11-19(17)20/h2-5,8-11,20H,6-7,12-14H2,1H3,(H,27,32)(H,28,33)(H,30,31). The van der Waals surface area contributed by atoms with Crippen LogP contribution >= 0.6 is 11.5 Å². The molecule has 3 aromatic rings. The molecule has 35 heavy (non-hydrogen) atoms. The Morgan fingerprint density at radius 1 is 1.06 bits per heavy atom. The summed E-state index contributed by atoms with van der Waals surface area (Å²) < 4.78 is 9.70. The fourth-order valence-electron chi connectivity index (χ4n) is 5.15. The highest BCUT2D eigenvalue weighted by Crippen LogP contribution is 2.44. The van der Waals surface area contributed by atoms with Crippen molar-refractivity contribution in [1.29, 1.82) is 0 Å². The van der Waals surface area contributed by atoms with Crippen LogP contribution in [0, 0.1) is 6.92 Å². The van der Waals surface area contributed by atoms with Crippen molar-refractivity contribution in [3.63, 3.8) is 0 Å². The van der Waals surface area contributed by atoms with Gasteiger partial charge in [-0.25, -0.2) is 9.59 Å². The van der Waals surface area contributed by atoms with Crippen LogP contribution in [0.25, 0.3) is 11.1 Å². The van der Waals surface area contributed by atoms with E-state index in [2.05, 4.69) is 27.1 Å². The Morgan fingerprint density at radius 2 is 1.66 bits per heavy atom. The van der Waals surface area contributed by atoms with Gasteiger partial charge >= 0.3 is 12.1 Å². The lowest BCUT2D eigenvalue weighted by Crippen LogP contribution is -2.55. The molecule has 2 aliphatic carbocycles. The summed E-state index contributed by atoms with van der Waals surface area (Å²) in [5.74, 6) is -1.69. The van der Waals surface area contributed by atoms with Crippen molar-refractivity contribution in [1.82, 2.24) is 9.69 Å². The third-order valence-corrected chi connectivity index (χ3v) is 7.73. The number of carbonyl (C=O) groups excluding carboxylic acids is 2. The molecule has 2 aliphatic rings. The lowest BCUT2D eigenvalue weighted by Gasteiger charge is -2.28. The second kappa shape index (κ2) is 9.14. The number of ether oxygens (including phenoxy) is 1. The van der Waals surface area contributed by atoms with E-state index in [1.165, 1.54) is 0 Å².